The highest BCUT2D eigenvalue weighted by Gasteiger charge is 2.14. The lowest BCUT2D eigenvalue weighted by Crippen LogP contribution is -2.14. The average molecular weight is 533 g/mol. The Bertz CT molecular complexity index is 1540. The summed E-state index contributed by atoms with van der Waals surface area (Å²) < 4.78 is 18.0. The summed E-state index contributed by atoms with van der Waals surface area (Å²) in [6, 6.07) is 30.7. The van der Waals surface area contributed by atoms with Gasteiger partial charge in [-0.05, 0) is 73.4 Å². The molecule has 0 unspecified atom stereocenters. The first-order valence-electron chi connectivity index (χ1n) is 13.1. The van der Waals surface area contributed by atoms with Crippen molar-refractivity contribution in [3.63, 3.8) is 0 Å². The molecule has 0 radical (unpaired) electrons. The quantitative estimate of drug-likeness (QED) is 0.161. The summed E-state index contributed by atoms with van der Waals surface area (Å²) >= 11 is 0. The first kappa shape index (κ1) is 28.0. The third-order valence-corrected chi connectivity index (χ3v) is 6.38. The summed E-state index contributed by atoms with van der Waals surface area (Å²) in [5.74, 6) is 1.38. The number of hydrogen-bond acceptors (Lipinski definition) is 5. The summed E-state index contributed by atoms with van der Waals surface area (Å²) in [6.45, 7) is 7.04. The zero-order valence-electron chi connectivity index (χ0n) is 22.9. The highest BCUT2D eigenvalue weighted by Crippen LogP contribution is 2.30. The number of carbonyl (C=O) groups is 1. The van der Waals surface area contributed by atoms with Gasteiger partial charge in [-0.25, -0.2) is 0 Å². The highest BCUT2D eigenvalue weighted by molar-refractivity contribution is 6.10. The predicted octanol–water partition coefficient (Wildman–Crippen LogP) is 7.41. The molecule has 4 aromatic rings. The Labute approximate surface area is 235 Å². The van der Waals surface area contributed by atoms with Gasteiger partial charge in [0.1, 0.15) is 30.6 Å². The summed E-state index contributed by atoms with van der Waals surface area (Å²) in [5, 5.41) is 12.6. The molecule has 0 heterocycles. The molecule has 0 aliphatic heterocycles. The number of amides is 1. The maximum atomic E-state index is 12.9. The van der Waals surface area contributed by atoms with E-state index in [1.807, 2.05) is 118 Å². The van der Waals surface area contributed by atoms with Gasteiger partial charge < -0.3 is 19.5 Å². The molecule has 4 rings (SSSR count). The van der Waals surface area contributed by atoms with Crippen LogP contribution in [0, 0.1) is 25.2 Å². The molecule has 0 bridgehead atoms. The minimum absolute atomic E-state index is 0.0181. The molecule has 1 amide bonds. The Morgan fingerprint density at radius 1 is 0.800 bits per heavy atom. The number of aryl methyl sites for hydroxylation is 1. The average Bonchev–Trinajstić information content (AvgIpc) is 2.97. The minimum Gasteiger partial charge on any atom is -0.490 e. The zero-order valence-corrected chi connectivity index (χ0v) is 22.9. The topological polar surface area (TPSA) is 80.6 Å². The molecule has 40 heavy (non-hydrogen) atoms. The number of ether oxygens (including phenoxy) is 3. The minimum atomic E-state index is -0.474. The van der Waals surface area contributed by atoms with Crippen molar-refractivity contribution in [1.29, 1.82) is 5.26 Å². The summed E-state index contributed by atoms with van der Waals surface area (Å²) in [6.07, 6.45) is 1.54. The second kappa shape index (κ2) is 13.7. The number of rotatable bonds is 11. The van der Waals surface area contributed by atoms with Crippen LogP contribution in [0.25, 0.3) is 6.08 Å². The van der Waals surface area contributed by atoms with E-state index in [1.54, 1.807) is 6.08 Å². The van der Waals surface area contributed by atoms with Gasteiger partial charge in [0.05, 0.1) is 6.61 Å². The number of para-hydroxylation sites is 1. The van der Waals surface area contributed by atoms with Crippen molar-refractivity contribution < 1.29 is 19.0 Å². The van der Waals surface area contributed by atoms with Gasteiger partial charge in [0.15, 0.2) is 11.5 Å². The molecule has 0 atom stereocenters. The van der Waals surface area contributed by atoms with Crippen molar-refractivity contribution in [3.05, 3.63) is 124 Å². The lowest BCUT2D eigenvalue weighted by atomic mass is 10.1. The van der Waals surface area contributed by atoms with Crippen LogP contribution in [0.3, 0.4) is 0 Å². The second-order valence-corrected chi connectivity index (χ2v) is 9.19. The van der Waals surface area contributed by atoms with Crippen LogP contribution >= 0.6 is 0 Å². The Balaban J connectivity index is 1.47. The molecule has 0 aliphatic carbocycles. The first-order valence-corrected chi connectivity index (χ1v) is 13.1. The largest absolute Gasteiger partial charge is 0.490 e. The van der Waals surface area contributed by atoms with E-state index in [-0.39, 0.29) is 12.2 Å². The van der Waals surface area contributed by atoms with E-state index < -0.39 is 5.91 Å². The molecule has 1 N–H and O–H groups in total. The maximum absolute atomic E-state index is 12.9. The Morgan fingerprint density at radius 3 is 2.30 bits per heavy atom. The molecular formula is C34H32N2O4. The first-order chi connectivity index (χ1) is 19.5. The molecule has 4 aromatic carbocycles. The smallest absolute Gasteiger partial charge is 0.266 e. The van der Waals surface area contributed by atoms with Crippen molar-refractivity contribution in [2.24, 2.45) is 0 Å². The van der Waals surface area contributed by atoms with Crippen molar-refractivity contribution in [2.75, 3.05) is 11.9 Å². The van der Waals surface area contributed by atoms with Crippen LogP contribution in [0.4, 0.5) is 5.69 Å². The van der Waals surface area contributed by atoms with Crippen molar-refractivity contribution in [3.8, 4) is 23.3 Å². The predicted molar refractivity (Wildman–Crippen MR) is 157 cm³/mol. The van der Waals surface area contributed by atoms with Crippen LogP contribution < -0.4 is 19.5 Å². The summed E-state index contributed by atoms with van der Waals surface area (Å²) in [4.78, 5) is 12.9. The maximum Gasteiger partial charge on any atom is 0.266 e. The number of nitrogens with one attached hydrogen (secondary N) is 1. The van der Waals surface area contributed by atoms with E-state index in [2.05, 4.69) is 5.32 Å². The normalized spacial score (nSPS) is 10.9. The number of anilines is 1. The van der Waals surface area contributed by atoms with E-state index >= 15 is 0 Å². The number of benzene rings is 4. The molecule has 6 nitrogen and oxygen atoms in total. The van der Waals surface area contributed by atoms with E-state index in [1.165, 1.54) is 0 Å². The van der Waals surface area contributed by atoms with E-state index in [0.717, 1.165) is 22.3 Å². The molecule has 0 fully saturated rings. The van der Waals surface area contributed by atoms with Crippen LogP contribution in [0.1, 0.15) is 34.7 Å². The standard InChI is InChI=1S/C34H32N2O4/c1-4-38-33-19-27(17-18-32(33)40-22-26-12-6-5-7-13-26)23-39-31-16-9-8-14-28(31)20-29(21-35)34(37)36-30-15-10-11-24(2)25(30)3/h5-20H,4,22-23H2,1-3H3,(H,36,37)/b29-20-. The van der Waals surface area contributed by atoms with E-state index in [0.29, 0.717) is 41.7 Å². The SMILES string of the molecule is CCOc1cc(COc2ccccc2/C=C(/C#N)C(=O)Nc2cccc(C)c2C)ccc1OCc1ccccc1. The fourth-order valence-corrected chi connectivity index (χ4v) is 4.04. The lowest BCUT2D eigenvalue weighted by Gasteiger charge is -2.15. The van der Waals surface area contributed by atoms with Crippen molar-refractivity contribution >= 4 is 17.7 Å². The summed E-state index contributed by atoms with van der Waals surface area (Å²) in [7, 11) is 0. The molecule has 202 valence electrons. The van der Waals surface area contributed by atoms with E-state index in [4.69, 9.17) is 14.2 Å². The second-order valence-electron chi connectivity index (χ2n) is 9.19. The number of hydrogen-bond donors (Lipinski definition) is 1. The molecule has 0 saturated heterocycles. The number of nitrogens with zero attached hydrogens (tertiary/aromatic N) is 1. The van der Waals surface area contributed by atoms with Gasteiger partial charge in [0.25, 0.3) is 5.91 Å². The van der Waals surface area contributed by atoms with Gasteiger partial charge in [-0.3, -0.25) is 4.79 Å². The molecular weight excluding hydrogens is 500 g/mol. The third-order valence-electron chi connectivity index (χ3n) is 6.38. The molecule has 0 aliphatic rings. The van der Waals surface area contributed by atoms with Crippen LogP contribution in [0.5, 0.6) is 17.2 Å². The van der Waals surface area contributed by atoms with Crippen LogP contribution in [-0.2, 0) is 18.0 Å². The van der Waals surface area contributed by atoms with Crippen LogP contribution in [0.2, 0.25) is 0 Å². The molecule has 0 aromatic heterocycles. The molecule has 6 heteroatoms. The number of carbonyl (C=O) groups excluding carboxylic acids is 1. The monoisotopic (exact) mass is 532 g/mol. The van der Waals surface area contributed by atoms with Crippen LogP contribution in [0.15, 0.2) is 96.6 Å². The Hall–Kier alpha value is -5.02. The van der Waals surface area contributed by atoms with Gasteiger partial charge in [-0.2, -0.15) is 5.26 Å². The zero-order chi connectivity index (χ0) is 28.3. The lowest BCUT2D eigenvalue weighted by molar-refractivity contribution is -0.112. The highest BCUT2D eigenvalue weighted by atomic mass is 16.5. The third kappa shape index (κ3) is 7.30. The molecule has 0 saturated carbocycles. The fourth-order valence-electron chi connectivity index (χ4n) is 4.04. The van der Waals surface area contributed by atoms with Crippen molar-refractivity contribution in [2.45, 2.75) is 34.0 Å². The summed E-state index contributed by atoms with van der Waals surface area (Å²) in [5.41, 5.74) is 5.27. The van der Waals surface area contributed by atoms with E-state index in [9.17, 15) is 10.1 Å². The van der Waals surface area contributed by atoms with Crippen LogP contribution in [-0.4, -0.2) is 12.5 Å². The Kier molecular flexibility index (Phi) is 9.58. The number of nitriles is 1. The van der Waals surface area contributed by atoms with Gasteiger partial charge in [0, 0.05) is 11.3 Å². The fraction of sp³-hybridized carbons (Fsp3) is 0.176. The van der Waals surface area contributed by atoms with Crippen molar-refractivity contribution in [1.82, 2.24) is 0 Å². The molecule has 0 spiro atoms. The van der Waals surface area contributed by atoms with Gasteiger partial charge >= 0.3 is 0 Å². The van der Waals surface area contributed by atoms with Gasteiger partial charge in [-0.15, -0.1) is 0 Å². The van der Waals surface area contributed by atoms with Gasteiger partial charge in [-0.1, -0.05) is 66.7 Å². The van der Waals surface area contributed by atoms with Gasteiger partial charge in [0.2, 0.25) is 0 Å². The Morgan fingerprint density at radius 2 is 1.52 bits per heavy atom.